The number of methoxy groups -OCH3 is 1. The van der Waals surface area contributed by atoms with Crippen molar-refractivity contribution in [3.05, 3.63) is 63.5 Å². The molecule has 2 aliphatic heterocycles. The zero-order valence-corrected chi connectivity index (χ0v) is 20.5. The number of hydrogen-bond donors (Lipinski definition) is 1. The second-order valence-corrected chi connectivity index (χ2v) is 9.60. The van der Waals surface area contributed by atoms with Gasteiger partial charge in [-0.2, -0.15) is 0 Å². The van der Waals surface area contributed by atoms with Crippen molar-refractivity contribution >= 4 is 50.5 Å². The molecule has 1 N–H and O–H groups in total. The van der Waals surface area contributed by atoms with Crippen LogP contribution in [0.3, 0.4) is 0 Å². The summed E-state index contributed by atoms with van der Waals surface area (Å²) in [4.78, 5) is 22.1. The minimum atomic E-state index is 0.0159. The maximum absolute atomic E-state index is 13.3. The zero-order chi connectivity index (χ0) is 22.3. The highest BCUT2D eigenvalue weighted by Gasteiger charge is 2.33. The largest absolute Gasteiger partial charge is 0.497 e. The van der Waals surface area contributed by atoms with Gasteiger partial charge < -0.3 is 14.4 Å². The highest BCUT2D eigenvalue weighted by molar-refractivity contribution is 9.10. The number of rotatable bonds is 7. The minimum Gasteiger partial charge on any atom is -0.497 e. The third-order valence-corrected chi connectivity index (χ3v) is 7.00. The van der Waals surface area contributed by atoms with Crippen LogP contribution in [0.15, 0.2) is 62.9 Å². The Morgan fingerprint density at radius 1 is 1.16 bits per heavy atom. The third-order valence-electron chi connectivity index (χ3n) is 5.46. The summed E-state index contributed by atoms with van der Waals surface area (Å²) >= 11 is 4.89. The molecule has 4 rings (SSSR count). The summed E-state index contributed by atoms with van der Waals surface area (Å²) < 4.78 is 11.7. The first-order valence-corrected chi connectivity index (χ1v) is 12.3. The Balaban J connectivity index is 1.53. The molecule has 2 aromatic rings. The Labute approximate surface area is 201 Å². The van der Waals surface area contributed by atoms with E-state index in [4.69, 9.17) is 14.5 Å². The van der Waals surface area contributed by atoms with Crippen molar-refractivity contribution in [1.29, 1.82) is 0 Å². The summed E-state index contributed by atoms with van der Waals surface area (Å²) in [7, 11) is 1.64. The van der Waals surface area contributed by atoms with E-state index in [1.165, 1.54) is 16.7 Å². The van der Waals surface area contributed by atoms with E-state index in [2.05, 4.69) is 15.9 Å². The standard InChI is InChI=1S/C24H26BrN3O3S/c1-30-21-9-7-20(8-10-21)26-24-28(12-2-11-27-13-15-31-16-14-27)23(29)22(32-24)17-18-3-5-19(25)6-4-18/h3-10,17H,2,11-16H2,1H3/p+1/b22-17-,26-24?. The molecule has 0 aromatic heterocycles. The Bertz CT molecular complexity index is 987. The molecule has 1 amide bonds. The van der Waals surface area contributed by atoms with Gasteiger partial charge in [0.05, 0.1) is 37.5 Å². The summed E-state index contributed by atoms with van der Waals surface area (Å²) in [5.41, 5.74) is 1.79. The Morgan fingerprint density at radius 3 is 2.56 bits per heavy atom. The summed E-state index contributed by atoms with van der Waals surface area (Å²) in [6.07, 6.45) is 2.87. The number of quaternary nitrogens is 1. The van der Waals surface area contributed by atoms with Crippen LogP contribution in [0.4, 0.5) is 5.69 Å². The van der Waals surface area contributed by atoms with Crippen LogP contribution in [0.25, 0.3) is 6.08 Å². The van der Waals surface area contributed by atoms with Crippen molar-refractivity contribution in [2.45, 2.75) is 6.42 Å². The quantitative estimate of drug-likeness (QED) is 0.573. The summed E-state index contributed by atoms with van der Waals surface area (Å²) in [6.45, 7) is 5.38. The predicted molar refractivity (Wildman–Crippen MR) is 133 cm³/mol. The summed E-state index contributed by atoms with van der Waals surface area (Å²) in [5.74, 6) is 0.799. The first kappa shape index (κ1) is 23.0. The predicted octanol–water partition coefficient (Wildman–Crippen LogP) is 3.37. The number of ether oxygens (including phenoxy) is 2. The van der Waals surface area contributed by atoms with Crippen molar-refractivity contribution < 1.29 is 19.2 Å². The number of aliphatic imine (C=N–C) groups is 1. The molecule has 2 aromatic carbocycles. The van der Waals surface area contributed by atoms with Crippen LogP contribution in [-0.4, -0.2) is 62.5 Å². The molecule has 6 nitrogen and oxygen atoms in total. The van der Waals surface area contributed by atoms with Gasteiger partial charge in [0.15, 0.2) is 5.17 Å². The van der Waals surface area contributed by atoms with E-state index in [-0.39, 0.29) is 5.91 Å². The van der Waals surface area contributed by atoms with Gasteiger partial charge in [-0.05, 0) is 59.8 Å². The highest BCUT2D eigenvalue weighted by atomic mass is 79.9. The molecule has 168 valence electrons. The monoisotopic (exact) mass is 516 g/mol. The minimum absolute atomic E-state index is 0.0159. The van der Waals surface area contributed by atoms with Crippen LogP contribution in [0.1, 0.15) is 12.0 Å². The number of amides is 1. The molecular weight excluding hydrogens is 490 g/mol. The van der Waals surface area contributed by atoms with Crippen LogP contribution >= 0.6 is 27.7 Å². The fourth-order valence-electron chi connectivity index (χ4n) is 3.66. The molecule has 0 saturated carbocycles. The van der Waals surface area contributed by atoms with E-state index in [1.54, 1.807) is 7.11 Å². The maximum Gasteiger partial charge on any atom is 0.266 e. The molecule has 8 heteroatoms. The van der Waals surface area contributed by atoms with E-state index in [9.17, 15) is 4.79 Å². The average Bonchev–Trinajstić information content (AvgIpc) is 3.10. The van der Waals surface area contributed by atoms with Gasteiger partial charge in [-0.1, -0.05) is 28.1 Å². The number of nitrogens with one attached hydrogen (secondary N) is 1. The number of halogens is 1. The van der Waals surface area contributed by atoms with Crippen LogP contribution in [0, 0.1) is 0 Å². The van der Waals surface area contributed by atoms with Gasteiger partial charge in [-0.15, -0.1) is 0 Å². The number of morpholine rings is 1. The molecular formula is C24H27BrN3O3S+. The second-order valence-electron chi connectivity index (χ2n) is 7.68. The number of hydrogen-bond acceptors (Lipinski definition) is 5. The number of benzene rings is 2. The molecule has 2 saturated heterocycles. The van der Waals surface area contributed by atoms with Gasteiger partial charge in [0.25, 0.3) is 5.91 Å². The number of amidine groups is 1. The number of carbonyl (C=O) groups is 1. The van der Waals surface area contributed by atoms with E-state index >= 15 is 0 Å². The van der Waals surface area contributed by atoms with Crippen LogP contribution in [0.2, 0.25) is 0 Å². The maximum atomic E-state index is 13.3. The third kappa shape index (κ3) is 6.01. The zero-order valence-electron chi connectivity index (χ0n) is 18.1. The fraction of sp³-hybridized carbons (Fsp3) is 0.333. The summed E-state index contributed by atoms with van der Waals surface area (Å²) in [6, 6.07) is 15.5. The van der Waals surface area contributed by atoms with Crippen molar-refractivity contribution in [2.24, 2.45) is 4.99 Å². The molecule has 2 heterocycles. The van der Waals surface area contributed by atoms with E-state index in [0.717, 1.165) is 65.9 Å². The van der Waals surface area contributed by atoms with Crippen molar-refractivity contribution in [3.63, 3.8) is 0 Å². The summed E-state index contributed by atoms with van der Waals surface area (Å²) in [5, 5.41) is 0.723. The molecule has 0 aliphatic carbocycles. The lowest BCUT2D eigenvalue weighted by Gasteiger charge is -2.24. The topological polar surface area (TPSA) is 55.6 Å². The molecule has 2 aliphatic rings. The SMILES string of the molecule is COc1ccc(N=C2S/C(=C\c3ccc(Br)cc3)C(=O)N2CCC[NH+]2CCOCC2)cc1. The first-order chi connectivity index (χ1) is 15.6. The van der Waals surface area contributed by atoms with Gasteiger partial charge >= 0.3 is 0 Å². The number of carbonyl (C=O) groups excluding carboxylic acids is 1. The fourth-order valence-corrected chi connectivity index (χ4v) is 4.95. The Hall–Kier alpha value is -2.13. The van der Waals surface area contributed by atoms with Crippen LogP contribution in [0.5, 0.6) is 5.75 Å². The van der Waals surface area contributed by atoms with E-state index < -0.39 is 0 Å². The molecule has 0 radical (unpaired) electrons. The number of nitrogens with zero attached hydrogens (tertiary/aromatic N) is 2. The lowest BCUT2D eigenvalue weighted by Crippen LogP contribution is -3.14. The molecule has 0 bridgehead atoms. The normalized spacial score (nSPS) is 19.8. The smallest absolute Gasteiger partial charge is 0.266 e. The average molecular weight is 517 g/mol. The van der Waals surface area contributed by atoms with Crippen molar-refractivity contribution in [2.75, 3.05) is 46.5 Å². The van der Waals surface area contributed by atoms with Crippen LogP contribution in [-0.2, 0) is 9.53 Å². The van der Waals surface area contributed by atoms with Crippen molar-refractivity contribution in [1.82, 2.24) is 4.90 Å². The number of thioether (sulfide) groups is 1. The molecule has 0 atom stereocenters. The van der Waals surface area contributed by atoms with Gasteiger partial charge in [0.2, 0.25) is 0 Å². The van der Waals surface area contributed by atoms with Gasteiger partial charge in [-0.3, -0.25) is 9.69 Å². The molecule has 0 spiro atoms. The Kier molecular flexibility index (Phi) is 8.02. The first-order valence-electron chi connectivity index (χ1n) is 10.7. The van der Waals surface area contributed by atoms with Gasteiger partial charge in [0, 0.05) is 17.4 Å². The van der Waals surface area contributed by atoms with E-state index in [0.29, 0.717) is 11.4 Å². The Morgan fingerprint density at radius 2 is 1.88 bits per heavy atom. The van der Waals surface area contributed by atoms with Gasteiger partial charge in [0.1, 0.15) is 18.8 Å². The second kappa shape index (κ2) is 11.1. The molecule has 32 heavy (non-hydrogen) atoms. The van der Waals surface area contributed by atoms with Crippen LogP contribution < -0.4 is 9.64 Å². The molecule has 0 unspecified atom stereocenters. The lowest BCUT2D eigenvalue weighted by atomic mass is 10.2. The van der Waals surface area contributed by atoms with Gasteiger partial charge in [-0.25, -0.2) is 4.99 Å². The van der Waals surface area contributed by atoms with E-state index in [1.807, 2.05) is 59.5 Å². The van der Waals surface area contributed by atoms with Crippen molar-refractivity contribution in [3.8, 4) is 5.75 Å². The lowest BCUT2D eigenvalue weighted by molar-refractivity contribution is -0.908. The highest BCUT2D eigenvalue weighted by Crippen LogP contribution is 2.34. The molecule has 2 fully saturated rings.